The molecule has 0 aliphatic rings. The fourth-order valence-corrected chi connectivity index (χ4v) is 2.03. The summed E-state index contributed by atoms with van der Waals surface area (Å²) in [6, 6.07) is 11.3. The van der Waals surface area contributed by atoms with Crippen molar-refractivity contribution >= 4 is 0 Å². The molecule has 1 unspecified atom stereocenters. The van der Waals surface area contributed by atoms with Gasteiger partial charge < -0.3 is 10.6 Å². The summed E-state index contributed by atoms with van der Waals surface area (Å²) in [4.78, 5) is 2.36. The Balaban J connectivity index is 2.42. The minimum absolute atomic E-state index is 0.212. The molecule has 0 heterocycles. The molecule has 0 spiro atoms. The molecule has 0 amide bonds. The predicted molar refractivity (Wildman–Crippen MR) is 75.1 cm³/mol. The third kappa shape index (κ3) is 4.88. The number of rotatable bonds is 6. The van der Waals surface area contributed by atoms with Gasteiger partial charge in [0.1, 0.15) is 0 Å². The summed E-state index contributed by atoms with van der Waals surface area (Å²) in [5.41, 5.74) is 7.53. The van der Waals surface area contributed by atoms with Gasteiger partial charge >= 0.3 is 0 Å². The van der Waals surface area contributed by atoms with Crippen molar-refractivity contribution in [3.63, 3.8) is 0 Å². The topological polar surface area (TPSA) is 29.3 Å². The highest BCUT2D eigenvalue weighted by Gasteiger charge is 2.15. The SMILES string of the molecule is CC(C)C(C)N(C)C[C@H](N)Cc1ccccc1. The molecule has 0 radical (unpaired) electrons. The second kappa shape index (κ2) is 6.77. The molecule has 96 valence electrons. The largest absolute Gasteiger partial charge is 0.326 e. The summed E-state index contributed by atoms with van der Waals surface area (Å²) in [6.07, 6.45) is 0.954. The summed E-state index contributed by atoms with van der Waals surface area (Å²) < 4.78 is 0. The number of nitrogens with zero attached hydrogens (tertiary/aromatic N) is 1. The van der Waals surface area contributed by atoms with Crippen molar-refractivity contribution in [2.45, 2.75) is 39.3 Å². The van der Waals surface area contributed by atoms with Crippen molar-refractivity contribution < 1.29 is 0 Å². The van der Waals surface area contributed by atoms with E-state index >= 15 is 0 Å². The van der Waals surface area contributed by atoms with E-state index in [0.29, 0.717) is 12.0 Å². The second-order valence-corrected chi connectivity index (χ2v) is 5.37. The van der Waals surface area contributed by atoms with Crippen molar-refractivity contribution in [2.24, 2.45) is 11.7 Å². The Hall–Kier alpha value is -0.860. The van der Waals surface area contributed by atoms with Gasteiger partial charge in [-0.3, -0.25) is 0 Å². The molecule has 0 aromatic heterocycles. The maximum atomic E-state index is 6.20. The average Bonchev–Trinajstić information content (AvgIpc) is 2.28. The highest BCUT2D eigenvalue weighted by molar-refractivity contribution is 5.15. The van der Waals surface area contributed by atoms with Crippen LogP contribution in [0.25, 0.3) is 0 Å². The number of likely N-dealkylation sites (N-methyl/N-ethyl adjacent to an activating group) is 1. The van der Waals surface area contributed by atoms with Gasteiger partial charge in [0.05, 0.1) is 0 Å². The van der Waals surface area contributed by atoms with Crippen LogP contribution in [0.3, 0.4) is 0 Å². The maximum absolute atomic E-state index is 6.20. The van der Waals surface area contributed by atoms with Crippen molar-refractivity contribution in [2.75, 3.05) is 13.6 Å². The standard InChI is InChI=1S/C15H26N2/c1-12(2)13(3)17(4)11-15(16)10-14-8-6-5-7-9-14/h5-9,12-13,15H,10-11,16H2,1-4H3/t13?,15-/m1/s1. The van der Waals surface area contributed by atoms with Crippen molar-refractivity contribution in [1.82, 2.24) is 4.90 Å². The first-order valence-corrected chi connectivity index (χ1v) is 6.50. The first-order valence-electron chi connectivity index (χ1n) is 6.50. The van der Waals surface area contributed by atoms with Crippen LogP contribution >= 0.6 is 0 Å². The van der Waals surface area contributed by atoms with Crippen molar-refractivity contribution in [3.8, 4) is 0 Å². The zero-order valence-electron chi connectivity index (χ0n) is 11.6. The van der Waals surface area contributed by atoms with Crippen LogP contribution < -0.4 is 5.73 Å². The van der Waals surface area contributed by atoms with E-state index in [-0.39, 0.29) is 6.04 Å². The lowest BCUT2D eigenvalue weighted by molar-refractivity contribution is 0.196. The van der Waals surface area contributed by atoms with Gasteiger partial charge in [0.15, 0.2) is 0 Å². The van der Waals surface area contributed by atoms with E-state index in [9.17, 15) is 0 Å². The van der Waals surface area contributed by atoms with E-state index in [2.05, 4.69) is 57.0 Å². The first-order chi connectivity index (χ1) is 8.00. The van der Waals surface area contributed by atoms with Gasteiger partial charge in [0.25, 0.3) is 0 Å². The molecule has 2 N–H and O–H groups in total. The molecule has 0 saturated carbocycles. The lowest BCUT2D eigenvalue weighted by Gasteiger charge is -2.30. The molecule has 1 aromatic carbocycles. The molecule has 0 aliphatic carbocycles. The van der Waals surface area contributed by atoms with Gasteiger partial charge in [-0.05, 0) is 31.9 Å². The zero-order chi connectivity index (χ0) is 12.8. The Labute approximate surface area is 106 Å². The normalized spacial score (nSPS) is 15.2. The number of hydrogen-bond donors (Lipinski definition) is 1. The summed E-state index contributed by atoms with van der Waals surface area (Å²) in [7, 11) is 2.16. The Morgan fingerprint density at radius 3 is 2.24 bits per heavy atom. The van der Waals surface area contributed by atoms with E-state index in [1.54, 1.807) is 0 Å². The second-order valence-electron chi connectivity index (χ2n) is 5.37. The van der Waals surface area contributed by atoms with Crippen molar-refractivity contribution in [3.05, 3.63) is 35.9 Å². The Morgan fingerprint density at radius 2 is 1.71 bits per heavy atom. The third-order valence-electron chi connectivity index (χ3n) is 3.52. The molecule has 2 heteroatoms. The molecule has 2 atom stereocenters. The fourth-order valence-electron chi connectivity index (χ4n) is 2.03. The lowest BCUT2D eigenvalue weighted by atomic mass is 10.0. The first kappa shape index (κ1) is 14.2. The number of hydrogen-bond acceptors (Lipinski definition) is 2. The van der Waals surface area contributed by atoms with Gasteiger partial charge in [0.2, 0.25) is 0 Å². The molecular weight excluding hydrogens is 208 g/mol. The zero-order valence-corrected chi connectivity index (χ0v) is 11.6. The van der Waals surface area contributed by atoms with E-state index in [1.807, 2.05) is 6.07 Å². The molecule has 0 bridgehead atoms. The number of nitrogens with two attached hydrogens (primary N) is 1. The van der Waals surface area contributed by atoms with Gasteiger partial charge in [-0.25, -0.2) is 0 Å². The number of benzene rings is 1. The van der Waals surface area contributed by atoms with Crippen LogP contribution in [0.15, 0.2) is 30.3 Å². The smallest absolute Gasteiger partial charge is 0.0208 e. The van der Waals surface area contributed by atoms with Gasteiger partial charge in [-0.15, -0.1) is 0 Å². The molecule has 0 saturated heterocycles. The summed E-state index contributed by atoms with van der Waals surface area (Å²) in [5.74, 6) is 0.670. The quantitative estimate of drug-likeness (QED) is 0.819. The average molecular weight is 234 g/mol. The molecule has 1 rings (SSSR count). The molecule has 0 aliphatic heterocycles. The fraction of sp³-hybridized carbons (Fsp3) is 0.600. The van der Waals surface area contributed by atoms with E-state index in [1.165, 1.54) is 5.56 Å². The van der Waals surface area contributed by atoms with Crippen LogP contribution in [-0.2, 0) is 6.42 Å². The van der Waals surface area contributed by atoms with Crippen LogP contribution in [-0.4, -0.2) is 30.6 Å². The third-order valence-corrected chi connectivity index (χ3v) is 3.52. The van der Waals surface area contributed by atoms with Gasteiger partial charge in [-0.2, -0.15) is 0 Å². The van der Waals surface area contributed by atoms with Crippen molar-refractivity contribution in [1.29, 1.82) is 0 Å². The summed E-state index contributed by atoms with van der Waals surface area (Å²) in [5, 5.41) is 0. The van der Waals surface area contributed by atoms with Gasteiger partial charge in [-0.1, -0.05) is 44.2 Å². The minimum Gasteiger partial charge on any atom is -0.326 e. The highest BCUT2D eigenvalue weighted by Crippen LogP contribution is 2.09. The van der Waals surface area contributed by atoms with Crippen LogP contribution in [0, 0.1) is 5.92 Å². The molecule has 17 heavy (non-hydrogen) atoms. The molecule has 0 fully saturated rings. The Bertz CT molecular complexity index is 308. The Kier molecular flexibility index (Phi) is 5.66. The molecular formula is C15H26N2. The lowest BCUT2D eigenvalue weighted by Crippen LogP contribution is -2.42. The highest BCUT2D eigenvalue weighted by atomic mass is 15.1. The van der Waals surface area contributed by atoms with E-state index < -0.39 is 0 Å². The van der Waals surface area contributed by atoms with Crippen LogP contribution in [0.2, 0.25) is 0 Å². The molecule has 1 aromatic rings. The molecule has 2 nitrogen and oxygen atoms in total. The monoisotopic (exact) mass is 234 g/mol. The summed E-state index contributed by atoms with van der Waals surface area (Å²) in [6.45, 7) is 7.72. The summed E-state index contributed by atoms with van der Waals surface area (Å²) >= 11 is 0. The maximum Gasteiger partial charge on any atom is 0.0208 e. The van der Waals surface area contributed by atoms with Crippen LogP contribution in [0.4, 0.5) is 0 Å². The van der Waals surface area contributed by atoms with Gasteiger partial charge in [0, 0.05) is 18.6 Å². The Morgan fingerprint density at radius 1 is 1.12 bits per heavy atom. The predicted octanol–water partition coefficient (Wildman–Crippen LogP) is 2.53. The van der Waals surface area contributed by atoms with Crippen LogP contribution in [0.1, 0.15) is 26.3 Å². The minimum atomic E-state index is 0.212. The van der Waals surface area contributed by atoms with E-state index in [4.69, 9.17) is 5.73 Å². The van der Waals surface area contributed by atoms with Crippen LogP contribution in [0.5, 0.6) is 0 Å². The van der Waals surface area contributed by atoms with E-state index in [0.717, 1.165) is 13.0 Å².